The maximum Gasteiger partial charge on any atom is 0.227 e. The zero-order valence-corrected chi connectivity index (χ0v) is 34.1. The number of aromatic nitrogens is 4. The summed E-state index contributed by atoms with van der Waals surface area (Å²) in [5.41, 5.74) is 3.23. The summed E-state index contributed by atoms with van der Waals surface area (Å²) in [6.07, 6.45) is 8.40. The summed E-state index contributed by atoms with van der Waals surface area (Å²) in [5.74, 6) is -1.38. The SMILES string of the molecule is COc1cc(F)ccc1-c1nc(Nc2cccc(C[SH](C)(O)=NC#N)c2)ncc1F.COc1cc(F)ccc1-c1nc(Nc2cccc(C[SH](C)(O)=NC#N)c2)ncc1F. The molecule has 6 aromatic rings. The molecule has 0 atom stereocenters. The van der Waals surface area contributed by atoms with Gasteiger partial charge in [0.1, 0.15) is 34.5 Å². The number of nitrogens with zero attached hydrogens (tertiary/aromatic N) is 8. The molecule has 4 N–H and O–H groups in total. The lowest BCUT2D eigenvalue weighted by Gasteiger charge is -2.16. The Bertz CT molecular complexity index is 2530. The van der Waals surface area contributed by atoms with Gasteiger partial charge >= 0.3 is 0 Å². The zero-order valence-electron chi connectivity index (χ0n) is 32.3. The average molecular weight is 863 g/mol. The molecule has 2 aromatic heterocycles. The van der Waals surface area contributed by atoms with Crippen molar-refractivity contribution in [2.45, 2.75) is 11.5 Å². The molecule has 0 aliphatic heterocycles. The van der Waals surface area contributed by atoms with Crippen molar-refractivity contribution in [2.75, 3.05) is 37.4 Å². The number of hydrogen-bond donors (Lipinski definition) is 6. The fourth-order valence-corrected chi connectivity index (χ4v) is 7.97. The molecule has 6 rings (SSSR count). The van der Waals surface area contributed by atoms with Crippen LogP contribution in [0.5, 0.6) is 11.5 Å². The van der Waals surface area contributed by atoms with Crippen LogP contribution in [0.4, 0.5) is 40.8 Å². The van der Waals surface area contributed by atoms with Crippen molar-refractivity contribution >= 4 is 43.5 Å². The smallest absolute Gasteiger partial charge is 0.227 e. The van der Waals surface area contributed by atoms with Gasteiger partial charge in [-0.15, -0.1) is 8.73 Å². The summed E-state index contributed by atoms with van der Waals surface area (Å²) in [4.78, 5) is 16.3. The molecule has 14 nitrogen and oxygen atoms in total. The van der Waals surface area contributed by atoms with Crippen LogP contribution in [0.3, 0.4) is 0 Å². The van der Waals surface area contributed by atoms with Gasteiger partial charge < -0.3 is 29.2 Å². The van der Waals surface area contributed by atoms with Gasteiger partial charge in [-0.1, -0.05) is 44.5 Å². The predicted molar refractivity (Wildman–Crippen MR) is 225 cm³/mol. The second-order valence-corrected chi connectivity index (χ2v) is 18.4. The zero-order chi connectivity index (χ0) is 43.5. The molecule has 0 aliphatic rings. The minimum atomic E-state index is -2.72. The Morgan fingerprint density at radius 3 is 1.40 bits per heavy atom. The highest BCUT2D eigenvalue weighted by atomic mass is 32.3. The average Bonchev–Trinajstić information content (AvgIpc) is 3.19. The molecule has 312 valence electrons. The van der Waals surface area contributed by atoms with Crippen molar-refractivity contribution in [3.8, 4) is 46.4 Å². The molecule has 0 fully saturated rings. The lowest BCUT2D eigenvalue weighted by atomic mass is 10.1. The molecule has 2 heterocycles. The Hall–Kier alpha value is -6.84. The topological polar surface area (TPSA) is 207 Å². The first-order valence-corrected chi connectivity index (χ1v) is 22.1. The van der Waals surface area contributed by atoms with E-state index in [1.54, 1.807) is 73.4 Å². The fourth-order valence-electron chi connectivity index (χ4n) is 5.66. The highest BCUT2D eigenvalue weighted by Crippen LogP contribution is 2.33. The molecular formula is C40H38F4N10O4S2. The third-order valence-corrected chi connectivity index (χ3v) is 11.1. The Morgan fingerprint density at radius 1 is 0.633 bits per heavy atom. The molecule has 0 saturated carbocycles. The number of thiol groups is 2. The quantitative estimate of drug-likeness (QED) is 0.0388. The van der Waals surface area contributed by atoms with Gasteiger partial charge in [-0.2, -0.15) is 10.5 Å². The summed E-state index contributed by atoms with van der Waals surface area (Å²) in [6.45, 7) is 0. The van der Waals surface area contributed by atoms with Gasteiger partial charge in [-0.3, -0.25) is 0 Å². The third kappa shape index (κ3) is 12.1. The van der Waals surface area contributed by atoms with Gasteiger partial charge in [-0.05, 0) is 72.2 Å². The van der Waals surface area contributed by atoms with E-state index in [4.69, 9.17) is 20.0 Å². The van der Waals surface area contributed by atoms with Crippen LogP contribution < -0.4 is 20.1 Å². The van der Waals surface area contributed by atoms with Crippen molar-refractivity contribution in [1.29, 1.82) is 10.5 Å². The number of ether oxygens (including phenoxy) is 2. The summed E-state index contributed by atoms with van der Waals surface area (Å²) in [7, 11) is -2.73. The van der Waals surface area contributed by atoms with Crippen molar-refractivity contribution in [2.24, 2.45) is 8.73 Å². The van der Waals surface area contributed by atoms with Crippen LogP contribution in [0.25, 0.3) is 22.5 Å². The molecule has 0 bridgehead atoms. The summed E-state index contributed by atoms with van der Waals surface area (Å²) in [5, 5.41) is 23.3. The van der Waals surface area contributed by atoms with Crippen LogP contribution >= 0.6 is 0 Å². The largest absolute Gasteiger partial charge is 0.496 e. The van der Waals surface area contributed by atoms with Crippen LogP contribution in [0.2, 0.25) is 0 Å². The van der Waals surface area contributed by atoms with Crippen LogP contribution in [0.1, 0.15) is 11.1 Å². The molecule has 0 radical (unpaired) electrons. The number of nitriles is 2. The molecule has 0 saturated heterocycles. The van der Waals surface area contributed by atoms with E-state index < -0.39 is 43.5 Å². The monoisotopic (exact) mass is 862 g/mol. The van der Waals surface area contributed by atoms with Gasteiger partial charge in [0.2, 0.25) is 24.3 Å². The predicted octanol–water partition coefficient (Wildman–Crippen LogP) is 8.66. The molecule has 4 aromatic carbocycles. The van der Waals surface area contributed by atoms with E-state index in [1.807, 2.05) is 0 Å². The molecule has 0 aliphatic carbocycles. The number of rotatable bonds is 12. The first-order valence-electron chi connectivity index (χ1n) is 17.5. The molecule has 20 heteroatoms. The van der Waals surface area contributed by atoms with Gasteiger partial charge in [0.05, 0.1) is 26.6 Å². The molecule has 0 spiro atoms. The maximum atomic E-state index is 14.4. The molecule has 60 heavy (non-hydrogen) atoms. The number of nitrogens with one attached hydrogen (secondary N) is 2. The Balaban J connectivity index is 0.000000228. The third-order valence-electron chi connectivity index (χ3n) is 8.18. The second-order valence-electron chi connectivity index (χ2n) is 13.0. The lowest BCUT2D eigenvalue weighted by molar-refractivity contribution is 0.412. The van der Waals surface area contributed by atoms with E-state index in [1.165, 1.54) is 38.5 Å². The van der Waals surface area contributed by atoms with E-state index in [0.717, 1.165) is 35.7 Å². The number of hydrogen-bond acceptors (Lipinski definition) is 12. The minimum absolute atomic E-state index is 0.0396. The molecule has 0 unspecified atom stereocenters. The first kappa shape index (κ1) is 44.3. The van der Waals surface area contributed by atoms with Crippen LogP contribution in [-0.4, -0.2) is 55.8 Å². The van der Waals surface area contributed by atoms with E-state index in [2.05, 4.69) is 39.3 Å². The summed E-state index contributed by atoms with van der Waals surface area (Å²) < 4.78 is 93.5. The van der Waals surface area contributed by atoms with Crippen molar-refractivity contribution in [3.63, 3.8) is 0 Å². The van der Waals surface area contributed by atoms with Crippen molar-refractivity contribution in [3.05, 3.63) is 132 Å². The molecular weight excluding hydrogens is 825 g/mol. The maximum absolute atomic E-state index is 14.4. The second kappa shape index (κ2) is 19.7. The summed E-state index contributed by atoms with van der Waals surface area (Å²) >= 11 is 0. The fraction of sp³-hybridized carbons (Fsp3) is 0.150. The van der Waals surface area contributed by atoms with Gasteiger partial charge in [-0.25, -0.2) is 37.5 Å². The number of halogens is 4. The Labute approximate surface area is 344 Å². The molecule has 0 amide bonds. The minimum Gasteiger partial charge on any atom is -0.496 e. The highest BCUT2D eigenvalue weighted by molar-refractivity contribution is 7.98. The van der Waals surface area contributed by atoms with Gasteiger partial charge in [0.15, 0.2) is 11.6 Å². The van der Waals surface area contributed by atoms with E-state index in [-0.39, 0.29) is 57.4 Å². The van der Waals surface area contributed by atoms with Gasteiger partial charge in [0.25, 0.3) is 0 Å². The Kier molecular flexibility index (Phi) is 14.6. The van der Waals surface area contributed by atoms with Crippen LogP contribution in [0.15, 0.2) is 106 Å². The summed E-state index contributed by atoms with van der Waals surface area (Å²) in [6, 6.07) is 21.6. The van der Waals surface area contributed by atoms with E-state index >= 15 is 0 Å². The Morgan fingerprint density at radius 2 is 1.03 bits per heavy atom. The normalized spacial score (nSPS) is 11.5. The first-order chi connectivity index (χ1) is 28.6. The number of benzene rings is 4. The van der Waals surface area contributed by atoms with E-state index in [9.17, 15) is 26.7 Å². The number of anilines is 4. The van der Waals surface area contributed by atoms with Crippen molar-refractivity contribution < 1.29 is 36.1 Å². The van der Waals surface area contributed by atoms with Crippen LogP contribution in [0, 0.1) is 46.2 Å². The highest BCUT2D eigenvalue weighted by Gasteiger charge is 2.17. The lowest BCUT2D eigenvalue weighted by Crippen LogP contribution is -2.10. The van der Waals surface area contributed by atoms with Crippen molar-refractivity contribution in [1.82, 2.24) is 19.9 Å². The standard InChI is InChI=1S/2C20H19F2N5O2S/c2*1-29-18-9-14(21)6-7-16(18)19-17(22)10-24-20(27-19)26-15-5-3-4-13(8-15)11-30(2,28)25-12-23/h2*3-10,30H,11H2,1-2H3,(H,25,28)(H,24,26,27). The number of methoxy groups -OCH3 is 2. The van der Waals surface area contributed by atoms with Crippen LogP contribution in [-0.2, 0) is 31.7 Å². The van der Waals surface area contributed by atoms with E-state index in [0.29, 0.717) is 11.4 Å². The van der Waals surface area contributed by atoms with Gasteiger partial charge in [0, 0.05) is 46.1 Å².